The van der Waals surface area contributed by atoms with Gasteiger partial charge in [-0.25, -0.2) is 0 Å². The number of guanidine groups is 1. The molecule has 1 atom stereocenters. The molecule has 3 aliphatic rings. The predicted molar refractivity (Wildman–Crippen MR) is 120 cm³/mol. The van der Waals surface area contributed by atoms with Crippen LogP contribution in [0.15, 0.2) is 4.99 Å². The van der Waals surface area contributed by atoms with E-state index < -0.39 is 0 Å². The first kappa shape index (κ1) is 22.8. The van der Waals surface area contributed by atoms with E-state index in [1.807, 2.05) is 0 Å². The highest BCUT2D eigenvalue weighted by Crippen LogP contribution is 2.21. The largest absolute Gasteiger partial charge is 0.376 e. The van der Waals surface area contributed by atoms with E-state index in [1.54, 1.807) is 0 Å². The second-order valence-corrected chi connectivity index (χ2v) is 9.02. The fourth-order valence-electron chi connectivity index (χ4n) is 4.86. The molecule has 3 fully saturated rings. The zero-order valence-electron chi connectivity index (χ0n) is 18.9. The molecule has 3 rings (SSSR count). The van der Waals surface area contributed by atoms with Crippen LogP contribution in [0.3, 0.4) is 0 Å². The van der Waals surface area contributed by atoms with E-state index in [-0.39, 0.29) is 0 Å². The number of hydrogen-bond acceptors (Lipinski definition) is 4. The van der Waals surface area contributed by atoms with E-state index >= 15 is 0 Å². The predicted octanol–water partition coefficient (Wildman–Crippen LogP) is 3.27. The molecule has 0 aromatic heterocycles. The Labute approximate surface area is 178 Å². The van der Waals surface area contributed by atoms with E-state index in [9.17, 15) is 0 Å². The molecule has 1 N–H and O–H groups in total. The third kappa shape index (κ3) is 7.72. The van der Waals surface area contributed by atoms with Crippen LogP contribution in [-0.4, -0.2) is 87.0 Å². The molecule has 2 saturated heterocycles. The monoisotopic (exact) mass is 408 g/mol. The van der Waals surface area contributed by atoms with E-state index in [1.165, 1.54) is 44.9 Å². The van der Waals surface area contributed by atoms with Crippen molar-refractivity contribution < 1.29 is 9.47 Å². The Hall–Kier alpha value is -0.850. The number of piperidine rings is 1. The van der Waals surface area contributed by atoms with Crippen LogP contribution in [0.1, 0.15) is 71.1 Å². The van der Waals surface area contributed by atoms with Gasteiger partial charge in [-0.3, -0.25) is 4.99 Å². The van der Waals surface area contributed by atoms with Crippen LogP contribution in [0.25, 0.3) is 0 Å². The van der Waals surface area contributed by atoms with Crippen LogP contribution in [0, 0.1) is 0 Å². The molecule has 1 unspecified atom stereocenters. The molecule has 1 aliphatic carbocycles. The minimum atomic E-state index is 0.321. The van der Waals surface area contributed by atoms with Gasteiger partial charge in [0, 0.05) is 38.8 Å². The van der Waals surface area contributed by atoms with Crippen LogP contribution in [0.2, 0.25) is 0 Å². The summed E-state index contributed by atoms with van der Waals surface area (Å²) in [6, 6.07) is 0.766. The second-order valence-electron chi connectivity index (χ2n) is 9.02. The maximum Gasteiger partial charge on any atom is 0.193 e. The number of likely N-dealkylation sites (tertiary alicyclic amines) is 1. The summed E-state index contributed by atoms with van der Waals surface area (Å²) in [6.07, 6.45) is 13.4. The fourth-order valence-corrected chi connectivity index (χ4v) is 4.86. The molecular formula is C23H44N4O2. The molecule has 29 heavy (non-hydrogen) atoms. The van der Waals surface area contributed by atoms with Crippen molar-refractivity contribution in [1.82, 2.24) is 15.1 Å². The third-order valence-corrected chi connectivity index (χ3v) is 6.78. The highest BCUT2D eigenvalue weighted by Gasteiger charge is 2.24. The Morgan fingerprint density at radius 3 is 2.52 bits per heavy atom. The molecule has 1 saturated carbocycles. The van der Waals surface area contributed by atoms with E-state index in [0.717, 1.165) is 77.2 Å². The van der Waals surface area contributed by atoms with Gasteiger partial charge in [0.15, 0.2) is 5.96 Å². The van der Waals surface area contributed by atoms with Crippen molar-refractivity contribution in [1.29, 1.82) is 0 Å². The summed E-state index contributed by atoms with van der Waals surface area (Å²) >= 11 is 0. The summed E-state index contributed by atoms with van der Waals surface area (Å²) in [5, 5.41) is 3.50. The molecular weight excluding hydrogens is 364 g/mol. The van der Waals surface area contributed by atoms with Gasteiger partial charge in [-0.05, 0) is 58.9 Å². The molecule has 0 aromatic rings. The normalized spacial score (nSPS) is 25.6. The van der Waals surface area contributed by atoms with Crippen LogP contribution in [0.4, 0.5) is 0 Å². The molecule has 2 heterocycles. The Balaban J connectivity index is 1.37. The van der Waals surface area contributed by atoms with E-state index in [0.29, 0.717) is 12.2 Å². The van der Waals surface area contributed by atoms with Crippen molar-refractivity contribution in [2.24, 2.45) is 4.99 Å². The van der Waals surface area contributed by atoms with Crippen molar-refractivity contribution >= 4 is 5.96 Å². The van der Waals surface area contributed by atoms with Gasteiger partial charge in [-0.2, -0.15) is 0 Å². The zero-order valence-corrected chi connectivity index (χ0v) is 18.9. The summed E-state index contributed by atoms with van der Waals surface area (Å²) in [6.45, 7) is 8.75. The zero-order chi connectivity index (χ0) is 20.3. The van der Waals surface area contributed by atoms with E-state index in [4.69, 9.17) is 14.5 Å². The van der Waals surface area contributed by atoms with Crippen LogP contribution in [-0.2, 0) is 9.47 Å². The van der Waals surface area contributed by atoms with Gasteiger partial charge in [0.05, 0.1) is 25.4 Å². The number of rotatable bonds is 8. The minimum Gasteiger partial charge on any atom is -0.376 e. The Kier molecular flexibility index (Phi) is 10.0. The van der Waals surface area contributed by atoms with Gasteiger partial charge in [0.2, 0.25) is 0 Å². The number of aliphatic imine (C=N–C) groups is 1. The first-order chi connectivity index (χ1) is 14.3. The van der Waals surface area contributed by atoms with Crippen molar-refractivity contribution in [3.63, 3.8) is 0 Å². The summed E-state index contributed by atoms with van der Waals surface area (Å²) in [4.78, 5) is 9.89. The topological polar surface area (TPSA) is 49.3 Å². The first-order valence-electron chi connectivity index (χ1n) is 12.2. The van der Waals surface area contributed by atoms with Gasteiger partial charge in [0.25, 0.3) is 0 Å². The number of likely N-dealkylation sites (N-methyl/N-ethyl adjacent to an activating group) is 1. The SMILES string of the molecule is CCNC(=NCCN(C)C1CCCCC1)N1CCC(OCC2CCCCO2)CC1. The highest BCUT2D eigenvalue weighted by atomic mass is 16.5. The molecule has 0 amide bonds. The van der Waals surface area contributed by atoms with Gasteiger partial charge >= 0.3 is 0 Å². The van der Waals surface area contributed by atoms with E-state index in [2.05, 4.69) is 29.1 Å². The van der Waals surface area contributed by atoms with Crippen molar-refractivity contribution in [3.8, 4) is 0 Å². The van der Waals surface area contributed by atoms with Gasteiger partial charge in [0.1, 0.15) is 0 Å². The third-order valence-electron chi connectivity index (χ3n) is 6.78. The molecule has 0 radical (unpaired) electrons. The second kappa shape index (κ2) is 12.8. The lowest BCUT2D eigenvalue weighted by Gasteiger charge is -2.35. The van der Waals surface area contributed by atoms with Crippen LogP contribution < -0.4 is 5.32 Å². The summed E-state index contributed by atoms with van der Waals surface area (Å²) in [7, 11) is 2.28. The lowest BCUT2D eigenvalue weighted by atomic mass is 9.94. The average molecular weight is 409 g/mol. The Bertz CT molecular complexity index is 467. The first-order valence-corrected chi connectivity index (χ1v) is 12.2. The highest BCUT2D eigenvalue weighted by molar-refractivity contribution is 5.80. The fraction of sp³-hybridized carbons (Fsp3) is 0.957. The van der Waals surface area contributed by atoms with Crippen LogP contribution >= 0.6 is 0 Å². The molecule has 0 aromatic carbocycles. The lowest BCUT2D eigenvalue weighted by molar-refractivity contribution is -0.0721. The summed E-state index contributed by atoms with van der Waals surface area (Å²) in [5.74, 6) is 1.08. The standard InChI is InChI=1S/C23H44N4O2/c1-3-24-23(25-14-17-26(2)20-9-5-4-6-10-20)27-15-12-21(13-16-27)29-19-22-11-7-8-18-28-22/h20-22H,3-19H2,1-2H3,(H,24,25). The van der Waals surface area contributed by atoms with Crippen LogP contribution in [0.5, 0.6) is 0 Å². The molecule has 0 spiro atoms. The quantitative estimate of drug-likeness (QED) is 0.493. The number of nitrogens with zero attached hydrogens (tertiary/aromatic N) is 3. The van der Waals surface area contributed by atoms with Crippen molar-refractivity contribution in [3.05, 3.63) is 0 Å². The van der Waals surface area contributed by atoms with Gasteiger partial charge in [-0.15, -0.1) is 0 Å². The van der Waals surface area contributed by atoms with Crippen molar-refractivity contribution in [2.45, 2.75) is 89.4 Å². The molecule has 6 heteroatoms. The molecule has 168 valence electrons. The average Bonchev–Trinajstić information content (AvgIpc) is 2.79. The maximum atomic E-state index is 6.17. The Morgan fingerprint density at radius 1 is 1.07 bits per heavy atom. The van der Waals surface area contributed by atoms with Crippen molar-refractivity contribution in [2.75, 3.05) is 53.0 Å². The number of ether oxygens (including phenoxy) is 2. The van der Waals surface area contributed by atoms with Gasteiger partial charge in [-0.1, -0.05) is 19.3 Å². The number of nitrogens with one attached hydrogen (secondary N) is 1. The number of hydrogen-bond donors (Lipinski definition) is 1. The Morgan fingerprint density at radius 2 is 1.83 bits per heavy atom. The maximum absolute atomic E-state index is 6.17. The summed E-state index contributed by atoms with van der Waals surface area (Å²) in [5.41, 5.74) is 0. The molecule has 2 aliphatic heterocycles. The lowest BCUT2D eigenvalue weighted by Crippen LogP contribution is -2.47. The summed E-state index contributed by atoms with van der Waals surface area (Å²) < 4.78 is 12.0. The molecule has 6 nitrogen and oxygen atoms in total. The smallest absolute Gasteiger partial charge is 0.193 e. The van der Waals surface area contributed by atoms with Gasteiger partial charge < -0.3 is 24.6 Å². The molecule has 0 bridgehead atoms. The minimum absolute atomic E-state index is 0.321.